The third-order valence-electron chi connectivity index (χ3n) is 6.08. The predicted molar refractivity (Wildman–Crippen MR) is 120 cm³/mol. The molecule has 1 atom stereocenters. The molecule has 2 aliphatic rings. The van der Waals surface area contributed by atoms with Crippen LogP contribution in [0.2, 0.25) is 0 Å². The van der Waals surface area contributed by atoms with Crippen LogP contribution in [-0.4, -0.2) is 47.8 Å². The second-order valence-corrected chi connectivity index (χ2v) is 8.33. The minimum atomic E-state index is -0.0768. The van der Waals surface area contributed by atoms with Gasteiger partial charge in [-0.25, -0.2) is 5.01 Å². The molecule has 0 spiro atoms. The zero-order chi connectivity index (χ0) is 20.9. The summed E-state index contributed by atoms with van der Waals surface area (Å²) in [6, 6.07) is 18.2. The number of nitrogens with zero attached hydrogens (tertiary/aromatic N) is 3. The normalized spacial score (nSPS) is 20.3. The third-order valence-corrected chi connectivity index (χ3v) is 6.08. The summed E-state index contributed by atoms with van der Waals surface area (Å²) < 4.78 is 5.58. The van der Waals surface area contributed by atoms with Crippen molar-refractivity contribution in [3.05, 3.63) is 65.7 Å². The number of benzene rings is 2. The molecule has 0 N–H and O–H groups in total. The number of likely N-dealkylation sites (tertiary alicyclic amines) is 1. The maximum Gasteiger partial charge on any atom is 0.257 e. The SMILES string of the molecule is CCOc1ccc([C@@H]2CC(c3ccccc3)=NN2C(=O)CN2CCC(C)CC2)cc1. The monoisotopic (exact) mass is 405 g/mol. The molecule has 0 unspecified atom stereocenters. The van der Waals surface area contributed by atoms with Gasteiger partial charge in [-0.1, -0.05) is 49.4 Å². The lowest BCUT2D eigenvalue weighted by Gasteiger charge is -2.31. The van der Waals surface area contributed by atoms with Gasteiger partial charge in [0.1, 0.15) is 5.75 Å². The highest BCUT2D eigenvalue weighted by Gasteiger charge is 2.34. The standard InChI is InChI=1S/C25H31N3O2/c1-3-30-22-11-9-21(10-12-22)24-17-23(20-7-5-4-6-8-20)26-28(24)25(29)18-27-15-13-19(2)14-16-27/h4-12,19,24H,3,13-18H2,1-2H3/t24-/m0/s1. The number of hydrazone groups is 1. The van der Waals surface area contributed by atoms with E-state index in [-0.39, 0.29) is 11.9 Å². The van der Waals surface area contributed by atoms with Crippen molar-refractivity contribution in [3.8, 4) is 5.75 Å². The molecule has 0 aromatic heterocycles. The van der Waals surface area contributed by atoms with Gasteiger partial charge in [0.2, 0.25) is 0 Å². The van der Waals surface area contributed by atoms with E-state index in [2.05, 4.69) is 36.1 Å². The molecule has 0 aliphatic carbocycles. The molecule has 0 bridgehead atoms. The molecule has 4 rings (SSSR count). The van der Waals surface area contributed by atoms with Crippen molar-refractivity contribution in [1.29, 1.82) is 0 Å². The first-order valence-electron chi connectivity index (χ1n) is 11.0. The smallest absolute Gasteiger partial charge is 0.257 e. The molecular formula is C25H31N3O2. The predicted octanol–water partition coefficient (Wildman–Crippen LogP) is 4.49. The van der Waals surface area contributed by atoms with Crippen LogP contribution in [-0.2, 0) is 4.79 Å². The van der Waals surface area contributed by atoms with Gasteiger partial charge in [-0.3, -0.25) is 9.69 Å². The summed E-state index contributed by atoms with van der Waals surface area (Å²) in [5.74, 6) is 1.68. The average Bonchev–Trinajstić information content (AvgIpc) is 3.22. The number of rotatable bonds is 6. The van der Waals surface area contributed by atoms with Gasteiger partial charge in [0.05, 0.1) is 24.9 Å². The second kappa shape index (κ2) is 9.43. The van der Waals surface area contributed by atoms with Gasteiger partial charge in [-0.15, -0.1) is 0 Å². The van der Waals surface area contributed by atoms with E-state index in [1.807, 2.05) is 37.3 Å². The highest BCUT2D eigenvalue weighted by molar-refractivity contribution is 6.03. The Balaban J connectivity index is 1.55. The zero-order valence-corrected chi connectivity index (χ0v) is 18.0. The average molecular weight is 406 g/mol. The first kappa shape index (κ1) is 20.6. The minimum absolute atomic E-state index is 0.0768. The Labute approximate surface area is 179 Å². The van der Waals surface area contributed by atoms with Gasteiger partial charge >= 0.3 is 0 Å². The van der Waals surface area contributed by atoms with Crippen LogP contribution in [0.5, 0.6) is 5.75 Å². The summed E-state index contributed by atoms with van der Waals surface area (Å²) >= 11 is 0. The van der Waals surface area contributed by atoms with Crippen LogP contribution < -0.4 is 4.74 Å². The van der Waals surface area contributed by atoms with Crippen molar-refractivity contribution < 1.29 is 9.53 Å². The van der Waals surface area contributed by atoms with E-state index in [1.165, 1.54) is 0 Å². The molecule has 5 heteroatoms. The molecule has 2 aliphatic heterocycles. The van der Waals surface area contributed by atoms with E-state index in [0.717, 1.165) is 60.9 Å². The Hall–Kier alpha value is -2.66. The third kappa shape index (κ3) is 4.73. The Morgan fingerprint density at radius 3 is 2.43 bits per heavy atom. The van der Waals surface area contributed by atoms with Crippen LogP contribution in [0.4, 0.5) is 0 Å². The lowest BCUT2D eigenvalue weighted by Crippen LogP contribution is -2.41. The molecule has 2 heterocycles. The Morgan fingerprint density at radius 1 is 1.07 bits per heavy atom. The van der Waals surface area contributed by atoms with Crippen molar-refractivity contribution >= 4 is 11.6 Å². The summed E-state index contributed by atoms with van der Waals surface area (Å²) in [5, 5.41) is 6.52. The Kier molecular flexibility index (Phi) is 6.48. The lowest BCUT2D eigenvalue weighted by atomic mass is 9.98. The van der Waals surface area contributed by atoms with Crippen LogP contribution in [0.1, 0.15) is 50.3 Å². The van der Waals surface area contributed by atoms with E-state index >= 15 is 0 Å². The Morgan fingerprint density at radius 2 is 1.77 bits per heavy atom. The summed E-state index contributed by atoms with van der Waals surface area (Å²) in [5.41, 5.74) is 3.14. The molecule has 158 valence electrons. The van der Waals surface area contributed by atoms with Gasteiger partial charge in [0.15, 0.2) is 0 Å². The fourth-order valence-electron chi connectivity index (χ4n) is 4.24. The second-order valence-electron chi connectivity index (χ2n) is 8.33. The molecule has 1 saturated heterocycles. The number of amides is 1. The topological polar surface area (TPSA) is 45.1 Å². The highest BCUT2D eigenvalue weighted by Crippen LogP contribution is 2.34. The van der Waals surface area contributed by atoms with Gasteiger partial charge < -0.3 is 4.74 Å². The van der Waals surface area contributed by atoms with Crippen molar-refractivity contribution in [2.24, 2.45) is 11.0 Å². The lowest BCUT2D eigenvalue weighted by molar-refractivity contribution is -0.134. The van der Waals surface area contributed by atoms with E-state index < -0.39 is 0 Å². The van der Waals surface area contributed by atoms with Crippen molar-refractivity contribution in [1.82, 2.24) is 9.91 Å². The first-order chi connectivity index (χ1) is 14.6. The summed E-state index contributed by atoms with van der Waals surface area (Å²) in [6.45, 7) is 7.33. The summed E-state index contributed by atoms with van der Waals surface area (Å²) in [6.07, 6.45) is 3.04. The quantitative estimate of drug-likeness (QED) is 0.711. The number of carbonyl (C=O) groups is 1. The molecule has 5 nitrogen and oxygen atoms in total. The fourth-order valence-corrected chi connectivity index (χ4v) is 4.24. The maximum atomic E-state index is 13.3. The van der Waals surface area contributed by atoms with Crippen LogP contribution in [0.25, 0.3) is 0 Å². The summed E-state index contributed by atoms with van der Waals surface area (Å²) in [4.78, 5) is 15.5. The largest absolute Gasteiger partial charge is 0.494 e. The molecular weight excluding hydrogens is 374 g/mol. The number of hydrogen-bond donors (Lipinski definition) is 0. The van der Waals surface area contributed by atoms with E-state index in [4.69, 9.17) is 9.84 Å². The van der Waals surface area contributed by atoms with E-state index in [9.17, 15) is 4.79 Å². The molecule has 0 radical (unpaired) electrons. The minimum Gasteiger partial charge on any atom is -0.494 e. The zero-order valence-electron chi connectivity index (χ0n) is 18.0. The van der Waals surface area contributed by atoms with Gasteiger partial charge in [-0.2, -0.15) is 5.10 Å². The molecule has 2 aromatic carbocycles. The summed E-state index contributed by atoms with van der Waals surface area (Å²) in [7, 11) is 0. The molecule has 1 fully saturated rings. The van der Waals surface area contributed by atoms with Gasteiger partial charge in [-0.05, 0) is 62.0 Å². The number of carbonyl (C=O) groups excluding carboxylic acids is 1. The van der Waals surface area contributed by atoms with Crippen LogP contribution in [0.15, 0.2) is 59.7 Å². The highest BCUT2D eigenvalue weighted by atomic mass is 16.5. The number of piperidine rings is 1. The van der Waals surface area contributed by atoms with Gasteiger partial charge in [0, 0.05) is 6.42 Å². The van der Waals surface area contributed by atoms with E-state index in [0.29, 0.717) is 13.2 Å². The maximum absolute atomic E-state index is 13.3. The van der Waals surface area contributed by atoms with Crippen LogP contribution in [0, 0.1) is 5.92 Å². The van der Waals surface area contributed by atoms with Crippen LogP contribution in [0.3, 0.4) is 0 Å². The van der Waals surface area contributed by atoms with E-state index in [1.54, 1.807) is 5.01 Å². The number of ether oxygens (including phenoxy) is 1. The van der Waals surface area contributed by atoms with Crippen molar-refractivity contribution in [2.75, 3.05) is 26.2 Å². The molecule has 1 amide bonds. The van der Waals surface area contributed by atoms with Crippen molar-refractivity contribution in [2.45, 2.75) is 39.2 Å². The van der Waals surface area contributed by atoms with Crippen LogP contribution >= 0.6 is 0 Å². The molecule has 0 saturated carbocycles. The number of hydrogen-bond acceptors (Lipinski definition) is 4. The van der Waals surface area contributed by atoms with Crippen molar-refractivity contribution in [3.63, 3.8) is 0 Å². The molecule has 2 aromatic rings. The molecule has 30 heavy (non-hydrogen) atoms. The van der Waals surface area contributed by atoms with Gasteiger partial charge in [0.25, 0.3) is 5.91 Å². The first-order valence-corrected chi connectivity index (χ1v) is 11.0. The Bertz CT molecular complexity index is 871. The fraction of sp³-hybridized carbons (Fsp3) is 0.440.